The highest BCUT2D eigenvalue weighted by Crippen LogP contribution is 2.15. The molecule has 1 saturated heterocycles. The predicted molar refractivity (Wildman–Crippen MR) is 98.4 cm³/mol. The Bertz CT molecular complexity index is 535. The number of nitrogens with zero attached hydrogens (tertiary/aromatic N) is 2. The van der Waals surface area contributed by atoms with Crippen LogP contribution in [0.4, 0.5) is 0 Å². The smallest absolute Gasteiger partial charge is 0.225 e. The van der Waals surface area contributed by atoms with Gasteiger partial charge in [-0.2, -0.15) is 0 Å². The summed E-state index contributed by atoms with van der Waals surface area (Å²) in [6.45, 7) is 7.26. The van der Waals surface area contributed by atoms with Crippen LogP contribution < -0.4 is 4.74 Å². The summed E-state index contributed by atoms with van der Waals surface area (Å²) in [5.74, 6) is 1.36. The number of hydrogen-bond donors (Lipinski definition) is 0. The van der Waals surface area contributed by atoms with Gasteiger partial charge in [0, 0.05) is 38.5 Å². The van der Waals surface area contributed by atoms with Crippen LogP contribution in [0.15, 0.2) is 30.3 Å². The highest BCUT2D eigenvalue weighted by Gasteiger charge is 2.26. The summed E-state index contributed by atoms with van der Waals surface area (Å²) in [5, 5.41) is 0. The maximum Gasteiger partial charge on any atom is 0.225 e. The molecule has 2 amide bonds. The fourth-order valence-corrected chi connectivity index (χ4v) is 3.16. The molecule has 5 heteroatoms. The molecule has 0 aromatic heterocycles. The third-order valence-corrected chi connectivity index (χ3v) is 4.83. The van der Waals surface area contributed by atoms with Crippen molar-refractivity contribution in [2.75, 3.05) is 32.8 Å². The maximum absolute atomic E-state index is 12.4. The van der Waals surface area contributed by atoms with E-state index in [2.05, 4.69) is 13.8 Å². The SMILES string of the molecule is CCC(CC)C(=O)N1CCN(C(=O)CCCOc2ccccc2)CC1. The van der Waals surface area contributed by atoms with E-state index >= 15 is 0 Å². The first kappa shape index (κ1) is 19.3. The van der Waals surface area contributed by atoms with Crippen molar-refractivity contribution in [2.24, 2.45) is 5.92 Å². The minimum absolute atomic E-state index is 0.123. The Hall–Kier alpha value is -2.04. The van der Waals surface area contributed by atoms with Gasteiger partial charge in [-0.15, -0.1) is 0 Å². The number of rotatable bonds is 8. The van der Waals surface area contributed by atoms with Crippen molar-refractivity contribution in [3.05, 3.63) is 30.3 Å². The van der Waals surface area contributed by atoms with Gasteiger partial charge in [-0.25, -0.2) is 0 Å². The number of ether oxygens (including phenoxy) is 1. The number of piperazine rings is 1. The first-order valence-corrected chi connectivity index (χ1v) is 9.40. The zero-order valence-electron chi connectivity index (χ0n) is 15.4. The number of carbonyl (C=O) groups excluding carboxylic acids is 2. The van der Waals surface area contributed by atoms with Crippen LogP contribution >= 0.6 is 0 Å². The molecule has 5 nitrogen and oxygen atoms in total. The minimum atomic E-state index is 0.123. The van der Waals surface area contributed by atoms with E-state index in [1.807, 2.05) is 40.1 Å². The van der Waals surface area contributed by atoms with E-state index in [0.29, 0.717) is 45.6 Å². The summed E-state index contributed by atoms with van der Waals surface area (Å²) in [4.78, 5) is 28.5. The Balaban J connectivity index is 1.66. The fraction of sp³-hybridized carbons (Fsp3) is 0.600. The van der Waals surface area contributed by atoms with Crippen LogP contribution in [0.2, 0.25) is 0 Å². The van der Waals surface area contributed by atoms with Crippen molar-refractivity contribution >= 4 is 11.8 Å². The first-order valence-electron chi connectivity index (χ1n) is 9.40. The fourth-order valence-electron chi connectivity index (χ4n) is 3.16. The van der Waals surface area contributed by atoms with Crippen LogP contribution in [0.5, 0.6) is 5.75 Å². The summed E-state index contributed by atoms with van der Waals surface area (Å²) < 4.78 is 5.62. The summed E-state index contributed by atoms with van der Waals surface area (Å²) in [6, 6.07) is 9.64. The molecule has 0 aliphatic carbocycles. The van der Waals surface area contributed by atoms with Crippen molar-refractivity contribution in [2.45, 2.75) is 39.5 Å². The molecule has 1 fully saturated rings. The summed E-state index contributed by atoms with van der Waals surface area (Å²) in [5.41, 5.74) is 0. The molecule has 1 heterocycles. The molecule has 1 aliphatic heterocycles. The summed E-state index contributed by atoms with van der Waals surface area (Å²) >= 11 is 0. The molecule has 1 aliphatic rings. The topological polar surface area (TPSA) is 49.9 Å². The number of carbonyl (C=O) groups is 2. The van der Waals surface area contributed by atoms with Crippen LogP contribution in [0.25, 0.3) is 0 Å². The van der Waals surface area contributed by atoms with Gasteiger partial charge in [0.05, 0.1) is 6.61 Å². The van der Waals surface area contributed by atoms with Crippen molar-refractivity contribution < 1.29 is 14.3 Å². The zero-order valence-corrected chi connectivity index (χ0v) is 15.4. The van der Waals surface area contributed by atoms with E-state index in [0.717, 1.165) is 18.6 Å². The molecule has 1 aromatic rings. The van der Waals surface area contributed by atoms with E-state index in [4.69, 9.17) is 4.74 Å². The summed E-state index contributed by atoms with van der Waals surface area (Å²) in [7, 11) is 0. The van der Waals surface area contributed by atoms with Crippen LogP contribution in [-0.2, 0) is 9.59 Å². The number of benzene rings is 1. The third-order valence-electron chi connectivity index (χ3n) is 4.83. The first-order chi connectivity index (χ1) is 12.2. The number of amides is 2. The lowest BCUT2D eigenvalue weighted by atomic mass is 10.0. The Morgan fingerprint density at radius 2 is 1.60 bits per heavy atom. The highest BCUT2D eigenvalue weighted by molar-refractivity contribution is 5.80. The average molecular weight is 346 g/mol. The Morgan fingerprint density at radius 1 is 1.00 bits per heavy atom. The zero-order chi connectivity index (χ0) is 18.1. The molecule has 0 N–H and O–H groups in total. The molecule has 0 atom stereocenters. The van der Waals surface area contributed by atoms with Gasteiger partial charge >= 0.3 is 0 Å². The minimum Gasteiger partial charge on any atom is -0.494 e. The molecule has 25 heavy (non-hydrogen) atoms. The molecule has 0 saturated carbocycles. The second-order valence-corrected chi connectivity index (χ2v) is 6.48. The Kier molecular flexibility index (Phi) is 7.76. The predicted octanol–water partition coefficient (Wildman–Crippen LogP) is 2.95. The average Bonchev–Trinajstić information content (AvgIpc) is 2.67. The molecule has 0 bridgehead atoms. The molecule has 138 valence electrons. The molecule has 0 spiro atoms. The standard InChI is InChI=1S/C20H30N2O3/c1-3-17(4-2)20(24)22-14-12-21(13-15-22)19(23)11-8-16-25-18-9-6-5-7-10-18/h5-7,9-10,17H,3-4,8,11-16H2,1-2H3. The quantitative estimate of drug-likeness (QED) is 0.680. The molecule has 0 radical (unpaired) electrons. The summed E-state index contributed by atoms with van der Waals surface area (Å²) in [6.07, 6.45) is 2.97. The van der Waals surface area contributed by atoms with Crippen molar-refractivity contribution in [1.29, 1.82) is 0 Å². The second-order valence-electron chi connectivity index (χ2n) is 6.48. The van der Waals surface area contributed by atoms with E-state index in [9.17, 15) is 9.59 Å². The lowest BCUT2D eigenvalue weighted by molar-refractivity contribution is -0.142. The monoisotopic (exact) mass is 346 g/mol. The van der Waals surface area contributed by atoms with Gasteiger partial charge in [-0.3, -0.25) is 9.59 Å². The van der Waals surface area contributed by atoms with Gasteiger partial charge < -0.3 is 14.5 Å². The van der Waals surface area contributed by atoms with Gasteiger partial charge in [0.15, 0.2) is 0 Å². The second kappa shape index (κ2) is 10.1. The molecule has 1 aromatic carbocycles. The third kappa shape index (κ3) is 5.76. The molecular formula is C20H30N2O3. The van der Waals surface area contributed by atoms with Gasteiger partial charge in [-0.05, 0) is 31.4 Å². The van der Waals surface area contributed by atoms with Crippen LogP contribution in [0, 0.1) is 5.92 Å². The molecule has 2 rings (SSSR count). The van der Waals surface area contributed by atoms with Crippen LogP contribution in [0.1, 0.15) is 39.5 Å². The van der Waals surface area contributed by atoms with E-state index in [1.165, 1.54) is 0 Å². The number of para-hydroxylation sites is 1. The molecular weight excluding hydrogens is 316 g/mol. The lowest BCUT2D eigenvalue weighted by Gasteiger charge is -2.36. The maximum atomic E-state index is 12.4. The van der Waals surface area contributed by atoms with E-state index in [-0.39, 0.29) is 17.7 Å². The van der Waals surface area contributed by atoms with Crippen molar-refractivity contribution in [3.8, 4) is 5.75 Å². The molecule has 0 unspecified atom stereocenters. The van der Waals surface area contributed by atoms with E-state index < -0.39 is 0 Å². The normalized spacial score (nSPS) is 14.7. The van der Waals surface area contributed by atoms with Crippen LogP contribution in [0.3, 0.4) is 0 Å². The van der Waals surface area contributed by atoms with Crippen molar-refractivity contribution in [1.82, 2.24) is 9.80 Å². The largest absolute Gasteiger partial charge is 0.494 e. The Labute approximate surface area is 150 Å². The highest BCUT2D eigenvalue weighted by atomic mass is 16.5. The van der Waals surface area contributed by atoms with E-state index in [1.54, 1.807) is 0 Å². The van der Waals surface area contributed by atoms with Crippen LogP contribution in [-0.4, -0.2) is 54.4 Å². The lowest BCUT2D eigenvalue weighted by Crippen LogP contribution is -2.51. The van der Waals surface area contributed by atoms with Gasteiger partial charge in [-0.1, -0.05) is 32.0 Å². The van der Waals surface area contributed by atoms with Gasteiger partial charge in [0.25, 0.3) is 0 Å². The Morgan fingerprint density at radius 3 is 2.20 bits per heavy atom. The van der Waals surface area contributed by atoms with Gasteiger partial charge in [0.2, 0.25) is 11.8 Å². The number of hydrogen-bond acceptors (Lipinski definition) is 3. The van der Waals surface area contributed by atoms with Crippen molar-refractivity contribution in [3.63, 3.8) is 0 Å². The van der Waals surface area contributed by atoms with Gasteiger partial charge in [0.1, 0.15) is 5.75 Å².